The fourth-order valence-electron chi connectivity index (χ4n) is 3.67. The lowest BCUT2D eigenvalue weighted by Crippen LogP contribution is -2.33. The van der Waals surface area contributed by atoms with Gasteiger partial charge in [0.2, 0.25) is 0 Å². The van der Waals surface area contributed by atoms with E-state index >= 15 is 0 Å². The van der Waals surface area contributed by atoms with Gasteiger partial charge >= 0.3 is 12.1 Å². The third kappa shape index (κ3) is 9.00. The smallest absolute Gasteiger partial charge is 0.410 e. The van der Waals surface area contributed by atoms with Crippen LogP contribution in [0, 0.1) is 0 Å². The minimum absolute atomic E-state index is 0.124. The molecule has 0 saturated carbocycles. The molecule has 0 spiro atoms. The van der Waals surface area contributed by atoms with Gasteiger partial charge in [-0.15, -0.1) is 0 Å². The molecule has 8 heteroatoms. The van der Waals surface area contributed by atoms with E-state index in [2.05, 4.69) is 0 Å². The maximum absolute atomic E-state index is 12.9. The summed E-state index contributed by atoms with van der Waals surface area (Å²) in [6.07, 6.45) is 5.62. The lowest BCUT2D eigenvalue weighted by molar-refractivity contribution is -0.136. The minimum Gasteiger partial charge on any atom is -0.496 e. The number of carboxylic acid groups (broad SMARTS) is 1. The monoisotopic (exact) mass is 513 g/mol. The zero-order valence-corrected chi connectivity index (χ0v) is 22.2. The first-order valence-electron chi connectivity index (χ1n) is 11.8. The molecule has 1 N–H and O–H groups in total. The first-order chi connectivity index (χ1) is 17.3. The Morgan fingerprint density at radius 3 is 2.36 bits per heavy atom. The maximum atomic E-state index is 12.9. The highest BCUT2D eigenvalue weighted by Crippen LogP contribution is 2.33. The molecule has 2 aromatic rings. The second kappa shape index (κ2) is 14.9. The summed E-state index contributed by atoms with van der Waals surface area (Å²) in [4.78, 5) is 25.8. The van der Waals surface area contributed by atoms with Gasteiger partial charge in [0.15, 0.2) is 0 Å². The summed E-state index contributed by atoms with van der Waals surface area (Å²) in [7, 11) is 0.473. The van der Waals surface area contributed by atoms with Gasteiger partial charge in [0.1, 0.15) is 12.4 Å². The van der Waals surface area contributed by atoms with Crippen LogP contribution in [-0.2, 0) is 33.4 Å². The van der Waals surface area contributed by atoms with E-state index < -0.39 is 22.9 Å². The van der Waals surface area contributed by atoms with Gasteiger partial charge in [0.25, 0.3) is 0 Å². The minimum atomic E-state index is -1.09. The number of carboxylic acids is 1. The average Bonchev–Trinajstić information content (AvgIpc) is 2.86. The number of hydrogen-bond donors (Lipinski definition) is 1. The van der Waals surface area contributed by atoms with Gasteiger partial charge in [-0.25, -0.2) is 4.79 Å². The summed E-state index contributed by atoms with van der Waals surface area (Å²) in [6, 6.07) is 14.7. The SMILES string of the molecule is CC/C=C(\C(=C/CS(C)=O)CN(CC)C(=O)OCc1ccccc1)c1cc(CC(=O)O)ccc1OC. The Balaban J connectivity index is 2.42. The van der Waals surface area contributed by atoms with Crippen molar-refractivity contribution in [3.05, 3.63) is 82.9 Å². The molecule has 0 heterocycles. The third-order valence-electron chi connectivity index (χ3n) is 5.43. The molecule has 0 aliphatic carbocycles. The van der Waals surface area contributed by atoms with Crippen LogP contribution in [0.3, 0.4) is 0 Å². The van der Waals surface area contributed by atoms with Gasteiger partial charge in [0, 0.05) is 41.5 Å². The molecule has 0 fully saturated rings. The van der Waals surface area contributed by atoms with Crippen LogP contribution in [0.25, 0.3) is 5.57 Å². The highest BCUT2D eigenvalue weighted by atomic mass is 32.2. The summed E-state index contributed by atoms with van der Waals surface area (Å²) >= 11 is 0. The summed E-state index contributed by atoms with van der Waals surface area (Å²) < 4.78 is 23.1. The van der Waals surface area contributed by atoms with Crippen LogP contribution in [-0.4, -0.2) is 58.5 Å². The lowest BCUT2D eigenvalue weighted by Gasteiger charge is -2.24. The van der Waals surface area contributed by atoms with Gasteiger partial charge in [-0.05, 0) is 47.8 Å². The number of aliphatic carboxylic acids is 1. The standard InChI is InChI=1S/C28H35NO6S/c1-5-10-24(25-17-22(18-27(30)31)13-14-26(25)34-3)23(15-16-36(4)33)19-29(6-2)28(32)35-20-21-11-8-7-9-12-21/h7-15,17H,5-6,16,18-20H2,1-4H3,(H,30,31)/b23-15-,24-10+. The molecule has 7 nitrogen and oxygen atoms in total. The van der Waals surface area contributed by atoms with Crippen molar-refractivity contribution in [3.8, 4) is 5.75 Å². The van der Waals surface area contributed by atoms with Crippen LogP contribution in [0.15, 0.2) is 66.3 Å². The molecule has 0 bridgehead atoms. The van der Waals surface area contributed by atoms with E-state index in [9.17, 15) is 18.9 Å². The van der Waals surface area contributed by atoms with Crippen LogP contribution < -0.4 is 4.74 Å². The van der Waals surface area contributed by atoms with Crippen LogP contribution >= 0.6 is 0 Å². The first kappa shape index (κ1) is 28.8. The Bertz CT molecular complexity index is 1110. The van der Waals surface area contributed by atoms with E-state index in [1.54, 1.807) is 36.5 Å². The topological polar surface area (TPSA) is 93.1 Å². The number of allylic oxidation sites excluding steroid dienone is 1. The molecule has 36 heavy (non-hydrogen) atoms. The highest BCUT2D eigenvalue weighted by Gasteiger charge is 2.20. The van der Waals surface area contributed by atoms with Crippen molar-refractivity contribution in [2.45, 2.75) is 33.3 Å². The van der Waals surface area contributed by atoms with Gasteiger partial charge in [-0.2, -0.15) is 0 Å². The largest absolute Gasteiger partial charge is 0.496 e. The summed E-state index contributed by atoms with van der Waals surface area (Å²) in [6.45, 7) is 4.68. The Labute approximate surface area is 215 Å². The Hall–Kier alpha value is -3.39. The van der Waals surface area contributed by atoms with Gasteiger partial charge in [-0.3, -0.25) is 9.00 Å². The lowest BCUT2D eigenvalue weighted by atomic mass is 9.93. The predicted octanol–water partition coefficient (Wildman–Crippen LogP) is 5.08. The first-order valence-corrected chi connectivity index (χ1v) is 13.6. The molecule has 2 rings (SSSR count). The molecule has 1 unspecified atom stereocenters. The van der Waals surface area contributed by atoms with Gasteiger partial charge < -0.3 is 19.5 Å². The van der Waals surface area contributed by atoms with E-state index in [1.165, 1.54) is 0 Å². The molecule has 0 aliphatic rings. The fraction of sp³-hybridized carbons (Fsp3) is 0.357. The van der Waals surface area contributed by atoms with Gasteiger partial charge in [0.05, 0.1) is 13.5 Å². The molecule has 194 valence electrons. The molecular formula is C28H35NO6S. The van der Waals surface area contributed by atoms with Crippen LogP contribution in [0.4, 0.5) is 4.79 Å². The zero-order chi connectivity index (χ0) is 26.5. The molecule has 1 amide bonds. The second-order valence-corrected chi connectivity index (χ2v) is 9.63. The summed E-state index contributed by atoms with van der Waals surface area (Å²) in [5.74, 6) is -0.0332. The normalized spacial score (nSPS) is 12.7. The second-order valence-electron chi connectivity index (χ2n) is 8.15. The number of likely N-dealkylation sites (N-methyl/N-ethyl adjacent to an activating group) is 1. The number of carbonyl (C=O) groups excluding carboxylic acids is 1. The van der Waals surface area contributed by atoms with Crippen molar-refractivity contribution in [3.63, 3.8) is 0 Å². The van der Waals surface area contributed by atoms with E-state index in [-0.39, 0.29) is 19.6 Å². The summed E-state index contributed by atoms with van der Waals surface area (Å²) in [5, 5.41) is 9.28. The van der Waals surface area contributed by atoms with Crippen molar-refractivity contribution < 1.29 is 28.4 Å². The number of methoxy groups -OCH3 is 1. The van der Waals surface area contributed by atoms with Crippen LogP contribution in [0.2, 0.25) is 0 Å². The van der Waals surface area contributed by atoms with E-state index in [0.29, 0.717) is 30.0 Å². The average molecular weight is 514 g/mol. The number of carbonyl (C=O) groups is 2. The highest BCUT2D eigenvalue weighted by molar-refractivity contribution is 7.84. The number of rotatable bonds is 13. The zero-order valence-electron chi connectivity index (χ0n) is 21.4. The molecule has 0 radical (unpaired) electrons. The van der Waals surface area contributed by atoms with Crippen molar-refractivity contribution in [1.82, 2.24) is 4.90 Å². The van der Waals surface area contributed by atoms with Crippen molar-refractivity contribution in [1.29, 1.82) is 0 Å². The number of hydrogen-bond acceptors (Lipinski definition) is 5. The molecule has 1 atom stereocenters. The van der Waals surface area contributed by atoms with Crippen LogP contribution in [0.1, 0.15) is 37.0 Å². The van der Waals surface area contributed by atoms with Crippen LogP contribution in [0.5, 0.6) is 5.75 Å². The fourth-order valence-corrected chi connectivity index (χ4v) is 4.10. The summed E-state index contributed by atoms with van der Waals surface area (Å²) in [5.41, 5.74) is 3.84. The quantitative estimate of drug-likeness (QED) is 0.376. The molecule has 0 saturated heterocycles. The molecule has 2 aromatic carbocycles. The third-order valence-corrected chi connectivity index (χ3v) is 6.07. The Morgan fingerprint density at radius 1 is 1.06 bits per heavy atom. The van der Waals surface area contributed by atoms with E-state index in [1.807, 2.05) is 56.3 Å². The maximum Gasteiger partial charge on any atom is 0.410 e. The number of nitrogens with zero attached hydrogens (tertiary/aromatic N) is 1. The van der Waals surface area contributed by atoms with Crippen molar-refractivity contribution in [2.24, 2.45) is 0 Å². The van der Waals surface area contributed by atoms with Crippen molar-refractivity contribution in [2.75, 3.05) is 32.2 Å². The molecule has 0 aromatic heterocycles. The van der Waals surface area contributed by atoms with E-state index in [4.69, 9.17) is 9.47 Å². The predicted molar refractivity (Wildman–Crippen MR) is 143 cm³/mol. The molecule has 0 aliphatic heterocycles. The Morgan fingerprint density at radius 2 is 1.78 bits per heavy atom. The Kier molecular flexibility index (Phi) is 11.9. The molecular weight excluding hydrogens is 478 g/mol. The number of benzene rings is 2. The van der Waals surface area contributed by atoms with Gasteiger partial charge in [-0.1, -0.05) is 55.5 Å². The number of ether oxygens (including phenoxy) is 2. The van der Waals surface area contributed by atoms with E-state index in [0.717, 1.165) is 22.3 Å². The van der Waals surface area contributed by atoms with Crippen molar-refractivity contribution >= 4 is 28.4 Å². The number of amides is 1.